The number of nitrogens with zero attached hydrogens (tertiary/aromatic N) is 3. The van der Waals surface area contributed by atoms with Crippen molar-refractivity contribution in [3.63, 3.8) is 0 Å². The van der Waals surface area contributed by atoms with Gasteiger partial charge in [-0.1, -0.05) is 42.5 Å². The second-order valence-corrected chi connectivity index (χ2v) is 13.7. The third-order valence-corrected chi connectivity index (χ3v) is 9.68. The molecule has 0 spiro atoms. The first-order chi connectivity index (χ1) is 25.2. The van der Waals surface area contributed by atoms with Gasteiger partial charge in [-0.05, 0) is 105 Å². The molecule has 0 saturated heterocycles. The predicted octanol–water partition coefficient (Wildman–Crippen LogP) is 9.29. The second kappa shape index (κ2) is 15.0. The maximum atomic E-state index is 6.39. The fourth-order valence-corrected chi connectivity index (χ4v) is 6.69. The van der Waals surface area contributed by atoms with E-state index in [1.165, 1.54) is 16.8 Å². The Labute approximate surface area is 306 Å². The van der Waals surface area contributed by atoms with Crippen molar-refractivity contribution >= 4 is 61.9 Å². The van der Waals surface area contributed by atoms with Gasteiger partial charge in [0.05, 0.1) is 11.4 Å². The standard InChI is InChI=1S/C44H46N8/c1-28-22-39(40(25-35(28)45)49-32-13-7-5-8-14-32)50-33-17-18-37(30(3)21-33)47-19-11-12-20-48-38-27-44-42(24-31(38)4)51-41-23-29(2)36(46)26-43(41)52(44)34-15-9-6-10-16-34/h5-10,13-16,18,21-27,47,49H,11-12,17,19-20,45H2,1-4H3,(H2,46,48)/p+1. The Kier molecular flexibility index (Phi) is 9.89. The van der Waals surface area contributed by atoms with E-state index in [0.29, 0.717) is 0 Å². The van der Waals surface area contributed by atoms with Gasteiger partial charge >= 0.3 is 0 Å². The van der Waals surface area contributed by atoms with Gasteiger partial charge in [0.2, 0.25) is 16.7 Å². The van der Waals surface area contributed by atoms with Crippen molar-refractivity contribution in [3.8, 4) is 5.69 Å². The molecule has 7 rings (SSSR count). The van der Waals surface area contributed by atoms with Crippen molar-refractivity contribution in [1.82, 2.24) is 10.3 Å². The number of rotatable bonds is 11. The molecule has 1 aromatic heterocycles. The molecule has 52 heavy (non-hydrogen) atoms. The number of fused-ring (bicyclic) bond motifs is 2. The Morgan fingerprint density at radius 1 is 0.692 bits per heavy atom. The van der Waals surface area contributed by atoms with Crippen LogP contribution in [0.4, 0.5) is 34.1 Å². The summed E-state index contributed by atoms with van der Waals surface area (Å²) >= 11 is 0. The summed E-state index contributed by atoms with van der Waals surface area (Å²) in [5.41, 5.74) is 29.7. The van der Waals surface area contributed by atoms with Crippen molar-refractivity contribution in [2.75, 3.05) is 35.2 Å². The maximum absolute atomic E-state index is 6.39. The van der Waals surface area contributed by atoms with Crippen LogP contribution in [-0.2, 0) is 0 Å². The third-order valence-electron chi connectivity index (χ3n) is 9.68. The second-order valence-electron chi connectivity index (χ2n) is 13.7. The first-order valence-electron chi connectivity index (χ1n) is 18.0. The molecule has 0 atom stereocenters. The summed E-state index contributed by atoms with van der Waals surface area (Å²) in [6.07, 6.45) is 7.26. The molecule has 0 amide bonds. The summed E-state index contributed by atoms with van der Waals surface area (Å²) in [5.74, 6) is 0. The van der Waals surface area contributed by atoms with Crippen LogP contribution >= 0.6 is 0 Å². The molecule has 1 heterocycles. The summed E-state index contributed by atoms with van der Waals surface area (Å²) < 4.78 is 2.27. The summed E-state index contributed by atoms with van der Waals surface area (Å²) in [7, 11) is 0. The highest BCUT2D eigenvalue weighted by Gasteiger charge is 2.22. The van der Waals surface area contributed by atoms with Crippen LogP contribution in [0, 0.1) is 20.8 Å². The Morgan fingerprint density at radius 2 is 1.33 bits per heavy atom. The van der Waals surface area contributed by atoms with Gasteiger partial charge in [-0.15, -0.1) is 4.57 Å². The number of hydrogen-bond donors (Lipinski definition) is 5. The number of hydrogen-bond acceptors (Lipinski definition) is 7. The normalized spacial score (nSPS) is 13.7. The number of allylic oxidation sites excluding steroid dienone is 3. The Bertz CT molecular complexity index is 2360. The zero-order chi connectivity index (χ0) is 36.2. The van der Waals surface area contributed by atoms with E-state index in [9.17, 15) is 0 Å². The lowest BCUT2D eigenvalue weighted by molar-refractivity contribution is -0.538. The number of aliphatic imine (C=N–C) groups is 1. The average molecular weight is 688 g/mol. The smallest absolute Gasteiger partial charge is 0.239 e. The van der Waals surface area contributed by atoms with Gasteiger partial charge in [-0.3, -0.25) is 4.99 Å². The molecule has 1 aliphatic carbocycles. The van der Waals surface area contributed by atoms with E-state index < -0.39 is 0 Å². The van der Waals surface area contributed by atoms with Crippen molar-refractivity contribution in [3.05, 3.63) is 137 Å². The number of nitrogen functional groups attached to an aromatic ring is 2. The largest absolute Gasteiger partial charge is 0.398 e. The highest BCUT2D eigenvalue weighted by molar-refractivity contribution is 6.01. The van der Waals surface area contributed by atoms with Crippen molar-refractivity contribution < 1.29 is 4.57 Å². The van der Waals surface area contributed by atoms with Crippen LogP contribution in [0.1, 0.15) is 42.9 Å². The van der Waals surface area contributed by atoms with E-state index in [-0.39, 0.29) is 0 Å². The lowest BCUT2D eigenvalue weighted by Gasteiger charge is -2.18. The molecule has 0 saturated carbocycles. The van der Waals surface area contributed by atoms with E-state index in [0.717, 1.165) is 111 Å². The molecule has 0 fully saturated rings. The third kappa shape index (κ3) is 7.47. The van der Waals surface area contributed by atoms with Crippen LogP contribution in [0.25, 0.3) is 27.8 Å². The number of aromatic nitrogens is 2. The number of nitrogens with one attached hydrogen (secondary N) is 3. The monoisotopic (exact) mass is 687 g/mol. The number of para-hydroxylation sites is 2. The molecule has 0 unspecified atom stereocenters. The summed E-state index contributed by atoms with van der Waals surface area (Å²) in [6.45, 7) is 10.1. The fourth-order valence-electron chi connectivity index (χ4n) is 6.69. The molecule has 0 bridgehead atoms. The molecule has 1 aliphatic rings. The van der Waals surface area contributed by atoms with E-state index in [2.05, 4.69) is 95.0 Å². The lowest BCUT2D eigenvalue weighted by Crippen LogP contribution is -2.33. The van der Waals surface area contributed by atoms with Crippen LogP contribution in [0.5, 0.6) is 0 Å². The van der Waals surface area contributed by atoms with Gasteiger partial charge in [0.25, 0.3) is 0 Å². The highest BCUT2D eigenvalue weighted by atomic mass is 15.0. The zero-order valence-electron chi connectivity index (χ0n) is 30.4. The number of nitrogens with two attached hydrogens (primary N) is 2. The minimum absolute atomic E-state index is 0.745. The van der Waals surface area contributed by atoms with E-state index in [1.807, 2.05) is 62.4 Å². The minimum Gasteiger partial charge on any atom is -0.398 e. The molecule has 7 N–H and O–H groups in total. The van der Waals surface area contributed by atoms with Gasteiger partial charge < -0.3 is 27.4 Å². The fraction of sp³-hybridized carbons (Fsp3) is 0.205. The van der Waals surface area contributed by atoms with Gasteiger partial charge in [0, 0.05) is 77.9 Å². The highest BCUT2D eigenvalue weighted by Crippen LogP contribution is 2.34. The van der Waals surface area contributed by atoms with E-state index >= 15 is 0 Å². The maximum Gasteiger partial charge on any atom is 0.239 e. The van der Waals surface area contributed by atoms with Gasteiger partial charge in [-0.25, -0.2) is 4.98 Å². The SMILES string of the molecule is CC1=CC(=Nc2cc(C)c(N)cc2Nc2ccccc2)CC=C1NCCCCNc1cc2c(cc1C)nc1cc(C)c(N)cc1[n+]2-c1ccccc1. The van der Waals surface area contributed by atoms with Crippen LogP contribution in [0.3, 0.4) is 0 Å². The van der Waals surface area contributed by atoms with Gasteiger partial charge in [-0.2, -0.15) is 0 Å². The Morgan fingerprint density at radius 3 is 2.06 bits per heavy atom. The van der Waals surface area contributed by atoms with E-state index in [4.69, 9.17) is 21.4 Å². The molecular weight excluding hydrogens is 641 g/mol. The minimum atomic E-state index is 0.745. The van der Waals surface area contributed by atoms with Crippen LogP contribution < -0.4 is 32.0 Å². The van der Waals surface area contributed by atoms with Crippen molar-refractivity contribution in [2.45, 2.75) is 47.0 Å². The van der Waals surface area contributed by atoms with Crippen molar-refractivity contribution in [1.29, 1.82) is 0 Å². The molecule has 0 radical (unpaired) electrons. The first kappa shape index (κ1) is 34.3. The zero-order valence-corrected chi connectivity index (χ0v) is 30.4. The summed E-state index contributed by atoms with van der Waals surface area (Å²) in [6, 6.07) is 33.1. The van der Waals surface area contributed by atoms with E-state index in [1.54, 1.807) is 0 Å². The van der Waals surface area contributed by atoms with Crippen molar-refractivity contribution in [2.24, 2.45) is 4.99 Å². The molecule has 262 valence electrons. The quantitative estimate of drug-likeness (QED) is 0.0401. The molecule has 0 aliphatic heterocycles. The number of unbranched alkanes of at least 4 members (excludes halogenated alkanes) is 1. The topological polar surface area (TPSA) is 117 Å². The predicted molar refractivity (Wildman–Crippen MR) is 219 cm³/mol. The van der Waals surface area contributed by atoms with Crippen LogP contribution in [0.2, 0.25) is 0 Å². The molecule has 5 aromatic carbocycles. The molecule has 8 nitrogen and oxygen atoms in total. The molecule has 6 aromatic rings. The molecule has 8 heteroatoms. The Hall–Kier alpha value is -6.15. The van der Waals surface area contributed by atoms with Crippen LogP contribution in [-0.4, -0.2) is 23.8 Å². The number of aryl methyl sites for hydroxylation is 3. The molecular formula is C44H47N8+. The van der Waals surface area contributed by atoms with Crippen LogP contribution in [0.15, 0.2) is 125 Å². The first-order valence-corrected chi connectivity index (χ1v) is 18.0. The Balaban J connectivity index is 0.984. The summed E-state index contributed by atoms with van der Waals surface area (Å²) in [5, 5.41) is 10.9. The van der Waals surface area contributed by atoms with Gasteiger partial charge in [0.1, 0.15) is 11.0 Å². The number of anilines is 5. The average Bonchev–Trinajstić information content (AvgIpc) is 3.13. The lowest BCUT2D eigenvalue weighted by atomic mass is 10.0. The summed E-state index contributed by atoms with van der Waals surface area (Å²) in [4.78, 5) is 10.1. The number of benzene rings is 5. The van der Waals surface area contributed by atoms with Gasteiger partial charge in [0.15, 0.2) is 0 Å².